The van der Waals surface area contributed by atoms with E-state index in [1.807, 2.05) is 0 Å². The molecule has 0 amide bonds. The van der Waals surface area contributed by atoms with E-state index in [2.05, 4.69) is 279 Å². The molecule has 0 bridgehead atoms. The first-order chi connectivity index (χ1) is 53.4. The number of unbranched alkanes of at least 4 members (excludes halogenated alkanes) is 6. The van der Waals surface area contributed by atoms with E-state index in [1.54, 1.807) is 0 Å². The van der Waals surface area contributed by atoms with Crippen LogP contribution in [0.1, 0.15) is 368 Å². The van der Waals surface area contributed by atoms with Crippen molar-refractivity contribution in [2.24, 2.45) is 10.8 Å². The lowest BCUT2D eigenvalue weighted by Crippen LogP contribution is -2.63. The van der Waals surface area contributed by atoms with Gasteiger partial charge in [-0.25, -0.2) is 0 Å². The monoisotopic (exact) mass is 1600 g/mol. The van der Waals surface area contributed by atoms with Crippen molar-refractivity contribution in [3.05, 3.63) is 0 Å². The Morgan fingerprint density at radius 1 is 0.243 bits per heavy atom. The fourth-order valence-corrected chi connectivity index (χ4v) is 23.1. The molecule has 23 heteroatoms. The van der Waals surface area contributed by atoms with Gasteiger partial charge in [0, 0.05) is 157 Å². The molecule has 8 heterocycles. The van der Waals surface area contributed by atoms with Crippen LogP contribution in [0.15, 0.2) is 0 Å². The molecular weight excluding hydrogens is 1430 g/mol. The van der Waals surface area contributed by atoms with Gasteiger partial charge in [-0.05, 0) is 271 Å². The molecule has 6 fully saturated rings. The Morgan fingerprint density at radius 3 is 0.609 bits per heavy atom. The summed E-state index contributed by atoms with van der Waals surface area (Å²) in [6.07, 6.45) is 25.6. The van der Waals surface area contributed by atoms with E-state index < -0.39 is 0 Å². The fraction of sp³-hybridized carbons (Fsp3) is 0.902. The molecule has 0 radical (unpaired) electrons. The first-order valence-electron chi connectivity index (χ1n) is 46.5. The Bertz CT molecular complexity index is 3090. The lowest BCUT2D eigenvalue weighted by Gasteiger charge is -2.50. The molecule has 3 aromatic rings. The molecule has 7 N–H and O–H groups in total. The minimum atomic E-state index is -0.117. The summed E-state index contributed by atoms with van der Waals surface area (Å²) < 4.78 is 0. The third-order valence-electron chi connectivity index (χ3n) is 25.5. The van der Waals surface area contributed by atoms with Crippen molar-refractivity contribution < 1.29 is 0 Å². The Morgan fingerprint density at radius 2 is 0.417 bits per heavy atom. The molecule has 0 atom stereocenters. The molecule has 5 aliphatic heterocycles. The number of hydrogen-bond donors (Lipinski definition) is 7. The minimum Gasteiger partial charge on any atom is -0.352 e. The van der Waals surface area contributed by atoms with E-state index >= 15 is 0 Å². The van der Waals surface area contributed by atoms with Gasteiger partial charge in [-0.3, -0.25) is 0 Å². The van der Waals surface area contributed by atoms with Crippen molar-refractivity contribution in [1.82, 2.24) is 71.4 Å². The summed E-state index contributed by atoms with van der Waals surface area (Å²) in [7, 11) is 0. The molecular formula is C92H173N23. The summed E-state index contributed by atoms with van der Waals surface area (Å²) in [4.78, 5) is 69.9. The maximum absolute atomic E-state index is 5.93. The van der Waals surface area contributed by atoms with E-state index in [9.17, 15) is 0 Å². The van der Waals surface area contributed by atoms with Crippen LogP contribution >= 0.6 is 0 Å². The second-order valence-corrected chi connectivity index (χ2v) is 45.2. The van der Waals surface area contributed by atoms with Gasteiger partial charge < -0.3 is 71.5 Å². The number of anilines is 9. The Balaban J connectivity index is 1.24. The van der Waals surface area contributed by atoms with E-state index in [0.29, 0.717) is 44.0 Å². The molecule has 6 aliphatic rings. The first-order valence-corrected chi connectivity index (χ1v) is 46.5. The maximum Gasteiger partial charge on any atom is 0.232 e. The molecule has 23 nitrogen and oxygen atoms in total. The van der Waals surface area contributed by atoms with Crippen LogP contribution in [-0.4, -0.2) is 202 Å². The largest absolute Gasteiger partial charge is 0.352 e. The first kappa shape index (κ1) is 93.9. The lowest BCUT2D eigenvalue weighted by atomic mass is 9.63. The second kappa shape index (κ2) is 37.6. The highest BCUT2D eigenvalue weighted by molar-refractivity contribution is 5.52. The third-order valence-corrected chi connectivity index (χ3v) is 25.5. The third kappa shape index (κ3) is 27.0. The predicted molar refractivity (Wildman–Crippen MR) is 489 cm³/mol. The van der Waals surface area contributed by atoms with Gasteiger partial charge in [-0.1, -0.05) is 108 Å². The molecule has 9 rings (SSSR count). The molecule has 1 aliphatic carbocycles. The van der Waals surface area contributed by atoms with E-state index in [0.717, 1.165) is 229 Å². The summed E-state index contributed by atoms with van der Waals surface area (Å²) in [6, 6.07) is 1.26. The van der Waals surface area contributed by atoms with Crippen molar-refractivity contribution in [1.29, 1.82) is 0 Å². The van der Waals surface area contributed by atoms with Crippen LogP contribution in [-0.2, 0) is 0 Å². The molecule has 656 valence electrons. The second-order valence-electron chi connectivity index (χ2n) is 45.2. The quantitative estimate of drug-likeness (QED) is 0.0282. The van der Waals surface area contributed by atoms with Gasteiger partial charge in [0.1, 0.15) is 0 Å². The zero-order chi connectivity index (χ0) is 84.8. The lowest BCUT2D eigenvalue weighted by molar-refractivity contribution is 0.0946. The van der Waals surface area contributed by atoms with Crippen molar-refractivity contribution in [3.63, 3.8) is 0 Å². The average molecular weight is 1600 g/mol. The highest BCUT2D eigenvalue weighted by Gasteiger charge is 2.48. The van der Waals surface area contributed by atoms with Crippen LogP contribution in [0.3, 0.4) is 0 Å². The van der Waals surface area contributed by atoms with Crippen LogP contribution in [0.25, 0.3) is 0 Å². The van der Waals surface area contributed by atoms with Crippen LogP contribution in [0, 0.1) is 10.8 Å². The molecule has 3 aromatic heterocycles. The summed E-state index contributed by atoms with van der Waals surface area (Å²) in [6.45, 7) is 78.4. The number of hydrogen-bond acceptors (Lipinski definition) is 23. The summed E-state index contributed by atoms with van der Waals surface area (Å²) in [5.74, 6) is 6.46. The van der Waals surface area contributed by atoms with Crippen molar-refractivity contribution in [3.8, 4) is 0 Å². The van der Waals surface area contributed by atoms with Crippen LogP contribution in [0.2, 0.25) is 0 Å². The number of nitrogens with one attached hydrogen (secondary N) is 7. The molecule has 0 unspecified atom stereocenters. The summed E-state index contributed by atoms with van der Waals surface area (Å²) in [5.41, 5.74) is -0.696. The Kier molecular flexibility index (Phi) is 30.7. The van der Waals surface area contributed by atoms with Gasteiger partial charge in [0.05, 0.1) is 0 Å². The van der Waals surface area contributed by atoms with Gasteiger partial charge in [0.25, 0.3) is 0 Å². The number of nitrogens with zero attached hydrogens (tertiary/aromatic N) is 16. The Labute approximate surface area is 702 Å². The minimum absolute atomic E-state index is 0.0868. The summed E-state index contributed by atoms with van der Waals surface area (Å²) in [5, 5.41) is 28.1. The van der Waals surface area contributed by atoms with Crippen molar-refractivity contribution in [2.45, 2.75) is 460 Å². The van der Waals surface area contributed by atoms with Crippen LogP contribution in [0.5, 0.6) is 0 Å². The van der Waals surface area contributed by atoms with Gasteiger partial charge in [-0.15, -0.1) is 0 Å². The normalized spacial score (nSPS) is 22.9. The SMILES string of the molecule is CCCCN(c1nc(NCCN(CCNc2nc(N(CCCC)C3CC(C)(C)NC(C)(C)C3)nc(N(CCCC)C3CC(C)(C)NC(C)(C)C3)n2)c2nc(N(CCCC)C3CC(C)(C)NC(C)(C)C3)nc(N(CCCC)C3CC(C)(C)NC(C)(C)C3)n2)nc(N(CCCC)C2CC(C)(C)NC(C)(C)C2)n1)C1CC(C)(C)CC(C)(C)C1. The standard InChI is InChI=1S/C92H173N23/c1-31-37-45-110(66-53-81(7,8)65-82(9,10)54-66)75-95-72(96-76(101-75)111(46-38-32-2)67-55-83(11,12)104-84(13,14)56-67)93-43-51-109(74-99-79(114(49-41-35-5)70-61-89(23,24)107-90(25,26)62-70)103-80(100-74)115(50-42-36-6)71-63-91(27,28)108-92(29,30)64-71)52-44-94-73-97-77(112(47-39-33-3)68-57-85(15,16)105-86(17,18)58-68)102-78(98-73)113(48-40-34-4)69-59-87(19,20)106-88(21,22)60-69/h66-71,104-108H,31-65H2,1-30H3,(H,93,95,96,101)(H,94,97,98,102). The Hall–Kier alpha value is -4.97. The average Bonchev–Trinajstić information content (AvgIpc) is 0.866. The van der Waals surface area contributed by atoms with Crippen LogP contribution < -0.4 is 71.5 Å². The molecule has 5 saturated heterocycles. The van der Waals surface area contributed by atoms with E-state index in [1.165, 1.54) is 6.42 Å². The number of rotatable bonds is 39. The maximum atomic E-state index is 5.93. The van der Waals surface area contributed by atoms with Crippen molar-refractivity contribution >= 4 is 53.5 Å². The van der Waals surface area contributed by atoms with E-state index in [-0.39, 0.29) is 102 Å². The van der Waals surface area contributed by atoms with E-state index in [4.69, 9.17) is 44.9 Å². The zero-order valence-corrected chi connectivity index (χ0v) is 79.4. The molecule has 115 heavy (non-hydrogen) atoms. The predicted octanol–water partition coefficient (Wildman–Crippen LogP) is 18.1. The smallest absolute Gasteiger partial charge is 0.232 e. The molecule has 0 aromatic carbocycles. The summed E-state index contributed by atoms with van der Waals surface area (Å²) >= 11 is 0. The van der Waals surface area contributed by atoms with Gasteiger partial charge in [-0.2, -0.15) is 44.9 Å². The highest BCUT2D eigenvalue weighted by atomic mass is 15.4. The van der Waals surface area contributed by atoms with Gasteiger partial charge >= 0.3 is 0 Å². The molecule has 1 saturated carbocycles. The number of piperidine rings is 5. The molecule has 0 spiro atoms. The van der Waals surface area contributed by atoms with Gasteiger partial charge in [0.15, 0.2) is 0 Å². The fourth-order valence-electron chi connectivity index (χ4n) is 23.1. The van der Waals surface area contributed by atoms with Gasteiger partial charge in [0.2, 0.25) is 53.5 Å². The highest BCUT2D eigenvalue weighted by Crippen LogP contribution is 2.49. The van der Waals surface area contributed by atoms with Crippen molar-refractivity contribution in [2.75, 3.05) is 110 Å². The number of aromatic nitrogens is 9. The van der Waals surface area contributed by atoms with Crippen LogP contribution in [0.4, 0.5) is 53.5 Å². The topological polar surface area (TPSA) is 223 Å². The zero-order valence-electron chi connectivity index (χ0n) is 79.4.